The summed E-state index contributed by atoms with van der Waals surface area (Å²) < 4.78 is 0. The Hall–Kier alpha value is -4.16. The van der Waals surface area contributed by atoms with Gasteiger partial charge in [-0.25, -0.2) is 0 Å². The Morgan fingerprint density at radius 1 is 0.367 bits per heavy atom. The summed E-state index contributed by atoms with van der Waals surface area (Å²) in [5, 5.41) is 5.31. The fraction of sp³-hybridized carbons (Fsp3) is 0.347. The summed E-state index contributed by atoms with van der Waals surface area (Å²) in [4.78, 5) is 0. The molecule has 0 aromatic heterocycles. The van der Waals surface area contributed by atoms with E-state index in [0.717, 1.165) is 0 Å². The Morgan fingerprint density at radius 2 is 0.776 bits per heavy atom. The number of hydrogen-bond acceptors (Lipinski definition) is 0. The van der Waals surface area contributed by atoms with Crippen molar-refractivity contribution in [3.05, 3.63) is 132 Å². The van der Waals surface area contributed by atoms with E-state index in [4.69, 9.17) is 0 Å². The molecule has 6 aromatic carbocycles. The summed E-state index contributed by atoms with van der Waals surface area (Å²) in [5.41, 5.74) is 11.5. The molecule has 250 valence electrons. The van der Waals surface area contributed by atoms with Crippen LogP contribution in [0.15, 0.2) is 121 Å². The van der Waals surface area contributed by atoms with E-state index in [0.29, 0.717) is 0 Å². The topological polar surface area (TPSA) is 0 Å². The molecule has 0 unspecified atom stereocenters. The van der Waals surface area contributed by atoms with Crippen LogP contribution >= 0.6 is 0 Å². The third-order valence-electron chi connectivity index (χ3n) is 11.5. The Bertz CT molecular complexity index is 1850. The van der Waals surface area contributed by atoms with Crippen LogP contribution in [0.3, 0.4) is 0 Å². The van der Waals surface area contributed by atoms with Gasteiger partial charge < -0.3 is 0 Å². The second kappa shape index (κ2) is 15.6. The number of hydrogen-bond donors (Lipinski definition) is 0. The number of rotatable bonds is 16. The van der Waals surface area contributed by atoms with Crippen molar-refractivity contribution in [1.29, 1.82) is 0 Å². The van der Waals surface area contributed by atoms with Crippen LogP contribution in [-0.2, 0) is 5.41 Å². The van der Waals surface area contributed by atoms with Gasteiger partial charge in [0.1, 0.15) is 0 Å². The highest BCUT2D eigenvalue weighted by Crippen LogP contribution is 2.56. The fourth-order valence-corrected chi connectivity index (χ4v) is 8.86. The molecule has 1 aliphatic carbocycles. The lowest BCUT2D eigenvalue weighted by molar-refractivity contribution is 0.398. The predicted molar refractivity (Wildman–Crippen MR) is 215 cm³/mol. The highest BCUT2D eigenvalue weighted by molar-refractivity contribution is 5.99. The molecular weight excluding hydrogens is 589 g/mol. The largest absolute Gasteiger partial charge is 0.0654 e. The first-order valence-corrected chi connectivity index (χ1v) is 19.5. The number of fused-ring (bicyclic) bond motifs is 5. The van der Waals surface area contributed by atoms with E-state index < -0.39 is 0 Å². The van der Waals surface area contributed by atoms with Crippen LogP contribution in [0, 0.1) is 0 Å². The number of unbranched alkanes of at least 4 members (excludes halogenated alkanes) is 10. The smallest absolute Gasteiger partial charge is 0.0215 e. The van der Waals surface area contributed by atoms with Crippen molar-refractivity contribution in [3.63, 3.8) is 0 Å². The van der Waals surface area contributed by atoms with Crippen LogP contribution in [0.25, 0.3) is 54.9 Å². The van der Waals surface area contributed by atoms with Crippen LogP contribution in [0.2, 0.25) is 0 Å². The summed E-state index contributed by atoms with van der Waals surface area (Å²) in [6.45, 7) is 4.64. The van der Waals surface area contributed by atoms with Gasteiger partial charge in [0.05, 0.1) is 0 Å². The first-order valence-electron chi connectivity index (χ1n) is 19.5. The van der Waals surface area contributed by atoms with E-state index in [-0.39, 0.29) is 5.41 Å². The van der Waals surface area contributed by atoms with E-state index in [1.54, 1.807) is 11.1 Å². The van der Waals surface area contributed by atoms with Gasteiger partial charge in [-0.3, -0.25) is 0 Å². The summed E-state index contributed by atoms with van der Waals surface area (Å²) in [6, 6.07) is 46.3. The molecule has 0 heterocycles. The minimum atomic E-state index is 0.0291. The van der Waals surface area contributed by atoms with E-state index in [9.17, 15) is 0 Å². The second-order valence-electron chi connectivity index (χ2n) is 14.7. The molecule has 0 atom stereocenters. The van der Waals surface area contributed by atoms with E-state index in [1.165, 1.54) is 145 Å². The van der Waals surface area contributed by atoms with Gasteiger partial charge in [-0.2, -0.15) is 0 Å². The molecule has 0 saturated carbocycles. The lowest BCUT2D eigenvalue weighted by Crippen LogP contribution is -2.25. The molecule has 0 spiro atoms. The van der Waals surface area contributed by atoms with E-state index >= 15 is 0 Å². The number of benzene rings is 6. The normalized spacial score (nSPS) is 13.2. The highest BCUT2D eigenvalue weighted by atomic mass is 14.5. The average Bonchev–Trinajstić information content (AvgIpc) is 3.42. The second-order valence-corrected chi connectivity index (χ2v) is 14.7. The maximum atomic E-state index is 2.61. The van der Waals surface area contributed by atoms with Gasteiger partial charge in [0, 0.05) is 5.41 Å². The predicted octanol–water partition coefficient (Wildman–Crippen LogP) is 15.1. The summed E-state index contributed by atoms with van der Waals surface area (Å²) in [6.07, 6.45) is 18.4. The Labute approximate surface area is 295 Å². The summed E-state index contributed by atoms with van der Waals surface area (Å²) in [5.74, 6) is 0. The molecule has 0 heteroatoms. The van der Waals surface area contributed by atoms with Crippen molar-refractivity contribution < 1.29 is 0 Å². The lowest BCUT2D eigenvalue weighted by Gasteiger charge is -2.33. The van der Waals surface area contributed by atoms with Gasteiger partial charge in [-0.1, -0.05) is 200 Å². The molecule has 7 rings (SSSR count). The molecule has 0 aliphatic heterocycles. The minimum absolute atomic E-state index is 0.0291. The molecule has 0 saturated heterocycles. The first-order chi connectivity index (χ1) is 24.2. The Balaban J connectivity index is 1.35. The third-order valence-corrected chi connectivity index (χ3v) is 11.5. The van der Waals surface area contributed by atoms with Gasteiger partial charge in [-0.05, 0) is 91.0 Å². The van der Waals surface area contributed by atoms with Gasteiger partial charge in [0.25, 0.3) is 0 Å². The van der Waals surface area contributed by atoms with Crippen LogP contribution in [0.1, 0.15) is 115 Å². The molecule has 0 radical (unpaired) electrons. The third kappa shape index (κ3) is 6.85. The zero-order chi connectivity index (χ0) is 33.5. The Morgan fingerprint density at radius 3 is 1.24 bits per heavy atom. The first kappa shape index (κ1) is 33.3. The maximum absolute atomic E-state index is 2.61. The molecule has 1 aliphatic rings. The van der Waals surface area contributed by atoms with Crippen LogP contribution in [0.5, 0.6) is 0 Å². The lowest BCUT2D eigenvalue weighted by atomic mass is 9.70. The Kier molecular flexibility index (Phi) is 10.6. The SMILES string of the molecule is CCCCCCCCC1(CCCCCCCC)c2cc(-c3cccc4ccccc34)ccc2-c2ccc(-c3cccc4ccccc34)cc21. The molecule has 6 aromatic rings. The molecular formula is C49H54. The molecule has 0 amide bonds. The van der Waals surface area contributed by atoms with Gasteiger partial charge in [0.2, 0.25) is 0 Å². The quantitative estimate of drug-likeness (QED) is 0.0922. The average molecular weight is 643 g/mol. The molecule has 49 heavy (non-hydrogen) atoms. The van der Waals surface area contributed by atoms with Crippen molar-refractivity contribution >= 4 is 21.5 Å². The van der Waals surface area contributed by atoms with Crippen molar-refractivity contribution in [2.75, 3.05) is 0 Å². The zero-order valence-electron chi connectivity index (χ0n) is 29.9. The van der Waals surface area contributed by atoms with E-state index in [2.05, 4.69) is 135 Å². The monoisotopic (exact) mass is 642 g/mol. The summed E-state index contributed by atoms with van der Waals surface area (Å²) >= 11 is 0. The molecule has 0 bridgehead atoms. The van der Waals surface area contributed by atoms with Crippen LogP contribution in [0.4, 0.5) is 0 Å². The maximum Gasteiger partial charge on any atom is 0.0215 e. The molecule has 0 N–H and O–H groups in total. The van der Waals surface area contributed by atoms with Gasteiger partial charge in [0.15, 0.2) is 0 Å². The fourth-order valence-electron chi connectivity index (χ4n) is 8.86. The van der Waals surface area contributed by atoms with Gasteiger partial charge >= 0.3 is 0 Å². The minimum Gasteiger partial charge on any atom is -0.0654 e. The zero-order valence-corrected chi connectivity index (χ0v) is 29.9. The van der Waals surface area contributed by atoms with Crippen molar-refractivity contribution in [2.24, 2.45) is 0 Å². The summed E-state index contributed by atoms with van der Waals surface area (Å²) in [7, 11) is 0. The van der Waals surface area contributed by atoms with Gasteiger partial charge in [-0.15, -0.1) is 0 Å². The molecule has 0 fully saturated rings. The van der Waals surface area contributed by atoms with Crippen molar-refractivity contribution in [1.82, 2.24) is 0 Å². The van der Waals surface area contributed by atoms with Crippen LogP contribution < -0.4 is 0 Å². The van der Waals surface area contributed by atoms with Crippen LogP contribution in [-0.4, -0.2) is 0 Å². The van der Waals surface area contributed by atoms with Crippen molar-refractivity contribution in [2.45, 2.75) is 109 Å². The van der Waals surface area contributed by atoms with E-state index in [1.807, 2.05) is 0 Å². The standard InChI is InChI=1S/C49H54/c1-3-5-7-9-11-17-33-49(34-18-12-10-8-6-4-2)47-35-39(43-27-19-23-37-21-13-15-25-41(37)43)29-31-45(47)46-32-30-40(36-48(46)49)44-28-20-24-38-22-14-16-26-42(38)44/h13-16,19-32,35-36H,3-12,17-18,33-34H2,1-2H3. The van der Waals surface area contributed by atoms with Crippen molar-refractivity contribution in [3.8, 4) is 33.4 Å². The molecule has 0 nitrogen and oxygen atoms in total. The highest BCUT2D eigenvalue weighted by Gasteiger charge is 2.42.